The average Bonchev–Trinajstić information content (AvgIpc) is 2.90. The van der Waals surface area contributed by atoms with Crippen LogP contribution in [0, 0.1) is 3.83 Å². The first-order valence-corrected chi connectivity index (χ1v) is 6.88. The summed E-state index contributed by atoms with van der Waals surface area (Å²) in [5.74, 6) is 0.221. The van der Waals surface area contributed by atoms with E-state index in [1.54, 1.807) is 0 Å². The van der Waals surface area contributed by atoms with Crippen molar-refractivity contribution in [3.63, 3.8) is 0 Å². The van der Waals surface area contributed by atoms with Gasteiger partial charge in [0.15, 0.2) is 27.0 Å². The molecule has 2 aromatic heterocycles. The molecule has 9 nitrogen and oxygen atoms in total. The third-order valence-electron chi connectivity index (χ3n) is 3.23. The fourth-order valence-electron chi connectivity index (χ4n) is 2.22. The quantitative estimate of drug-likeness (QED) is 0.362. The van der Waals surface area contributed by atoms with Crippen LogP contribution in [0.5, 0.6) is 0 Å². The van der Waals surface area contributed by atoms with Crippen LogP contribution < -0.4 is 5.73 Å². The normalized spacial score (nSPS) is 30.2. The molecule has 0 bridgehead atoms. The second kappa shape index (κ2) is 5.04. The van der Waals surface area contributed by atoms with E-state index >= 15 is 0 Å². The van der Waals surface area contributed by atoms with Crippen LogP contribution in [0.25, 0.3) is 11.2 Å². The lowest BCUT2D eigenvalue weighted by Crippen LogP contribution is -2.33. The van der Waals surface area contributed by atoms with Crippen LogP contribution >= 0.6 is 22.6 Å². The Balaban J connectivity index is 2.11. The van der Waals surface area contributed by atoms with Gasteiger partial charge in [-0.3, -0.25) is 4.57 Å². The van der Waals surface area contributed by atoms with E-state index in [4.69, 9.17) is 15.6 Å². The van der Waals surface area contributed by atoms with Crippen molar-refractivity contribution in [2.75, 3.05) is 12.3 Å². The number of fused-ring (bicyclic) bond motifs is 1. The summed E-state index contributed by atoms with van der Waals surface area (Å²) in [7, 11) is 0. The number of aromatic nitrogens is 4. The Labute approximate surface area is 126 Å². The highest BCUT2D eigenvalue weighted by atomic mass is 127. The van der Waals surface area contributed by atoms with Gasteiger partial charge in [-0.1, -0.05) is 0 Å². The van der Waals surface area contributed by atoms with Gasteiger partial charge in [-0.25, -0.2) is 15.0 Å². The molecule has 0 spiro atoms. The van der Waals surface area contributed by atoms with Gasteiger partial charge < -0.3 is 25.8 Å². The second-order valence-electron chi connectivity index (χ2n) is 4.41. The zero-order chi connectivity index (χ0) is 14.4. The second-order valence-corrected chi connectivity index (χ2v) is 5.38. The van der Waals surface area contributed by atoms with Crippen molar-refractivity contribution in [3.8, 4) is 0 Å². The van der Waals surface area contributed by atoms with Crippen LogP contribution in [-0.4, -0.2) is 59.8 Å². The van der Waals surface area contributed by atoms with E-state index in [-0.39, 0.29) is 5.82 Å². The Morgan fingerprint density at radius 2 is 2.10 bits per heavy atom. The summed E-state index contributed by atoms with van der Waals surface area (Å²) in [4.78, 5) is 12.2. The molecule has 10 heteroatoms. The molecule has 0 saturated carbocycles. The SMILES string of the molecule is Nc1ncnc2c1nc(I)n2C1OC(CO)C(O)C1O. The molecule has 3 heterocycles. The number of ether oxygens (including phenoxy) is 1. The molecule has 5 N–H and O–H groups in total. The van der Waals surface area contributed by atoms with Crippen LogP contribution in [-0.2, 0) is 4.74 Å². The minimum atomic E-state index is -1.20. The maximum atomic E-state index is 10.1. The molecule has 20 heavy (non-hydrogen) atoms. The summed E-state index contributed by atoms with van der Waals surface area (Å²) >= 11 is 1.95. The van der Waals surface area contributed by atoms with Crippen LogP contribution in [0.3, 0.4) is 0 Å². The van der Waals surface area contributed by atoms with E-state index in [1.807, 2.05) is 22.6 Å². The predicted octanol–water partition coefficient (Wildman–Crippen LogP) is -1.38. The fraction of sp³-hybridized carbons (Fsp3) is 0.500. The maximum absolute atomic E-state index is 10.1. The van der Waals surface area contributed by atoms with Crippen LogP contribution in [0.1, 0.15) is 6.23 Å². The monoisotopic (exact) mass is 393 g/mol. The van der Waals surface area contributed by atoms with Crippen LogP contribution in [0.15, 0.2) is 6.33 Å². The van der Waals surface area contributed by atoms with Gasteiger partial charge >= 0.3 is 0 Å². The highest BCUT2D eigenvalue weighted by Gasteiger charge is 2.44. The molecule has 4 unspecified atom stereocenters. The summed E-state index contributed by atoms with van der Waals surface area (Å²) in [5, 5.41) is 29.0. The number of aliphatic hydroxyl groups excluding tert-OH is 3. The number of halogens is 1. The first kappa shape index (κ1) is 13.9. The molecule has 1 saturated heterocycles. The summed E-state index contributed by atoms with van der Waals surface area (Å²) < 4.78 is 7.49. The van der Waals surface area contributed by atoms with Crippen molar-refractivity contribution in [1.82, 2.24) is 19.5 Å². The van der Waals surface area contributed by atoms with E-state index in [0.717, 1.165) is 0 Å². The van der Waals surface area contributed by atoms with Gasteiger partial charge in [0, 0.05) is 22.6 Å². The van der Waals surface area contributed by atoms with Crippen molar-refractivity contribution >= 4 is 39.6 Å². The Morgan fingerprint density at radius 3 is 2.75 bits per heavy atom. The number of rotatable bonds is 2. The van der Waals surface area contributed by atoms with Crippen molar-refractivity contribution in [2.24, 2.45) is 0 Å². The predicted molar refractivity (Wildman–Crippen MR) is 75.5 cm³/mol. The van der Waals surface area contributed by atoms with Crippen LogP contribution in [0.2, 0.25) is 0 Å². The van der Waals surface area contributed by atoms with Gasteiger partial charge in [0.25, 0.3) is 0 Å². The summed E-state index contributed by atoms with van der Waals surface area (Å²) in [5.41, 5.74) is 6.53. The Morgan fingerprint density at radius 1 is 1.35 bits per heavy atom. The van der Waals surface area contributed by atoms with Gasteiger partial charge in [0.2, 0.25) is 0 Å². The number of hydrogen-bond donors (Lipinski definition) is 4. The molecule has 0 amide bonds. The van der Waals surface area contributed by atoms with Gasteiger partial charge in [0.1, 0.15) is 24.6 Å². The van der Waals surface area contributed by atoms with Gasteiger partial charge in [0.05, 0.1) is 6.61 Å². The molecule has 1 aliphatic heterocycles. The van der Waals surface area contributed by atoms with Crippen molar-refractivity contribution in [2.45, 2.75) is 24.5 Å². The van der Waals surface area contributed by atoms with E-state index < -0.39 is 31.1 Å². The Hall–Kier alpha value is -1.08. The third-order valence-corrected chi connectivity index (χ3v) is 3.99. The highest BCUT2D eigenvalue weighted by Crippen LogP contribution is 2.33. The van der Waals surface area contributed by atoms with Crippen LogP contribution in [0.4, 0.5) is 5.82 Å². The molecule has 108 valence electrons. The largest absolute Gasteiger partial charge is 0.394 e. The standard InChI is InChI=1S/C10H12IN5O4/c11-10-15-4-7(12)13-2-14-8(4)16(10)9-6(19)5(18)3(1-17)20-9/h2-3,5-6,9,17-19H,1H2,(H2,12,13,14). The smallest absolute Gasteiger partial charge is 0.175 e. The molecule has 1 aliphatic rings. The molecular formula is C10H12IN5O4. The highest BCUT2D eigenvalue weighted by molar-refractivity contribution is 14.1. The van der Waals surface area contributed by atoms with Gasteiger partial charge in [-0.05, 0) is 0 Å². The molecule has 4 atom stereocenters. The molecule has 0 aromatic carbocycles. The minimum Gasteiger partial charge on any atom is -0.394 e. The molecule has 1 fully saturated rings. The van der Waals surface area contributed by atoms with Gasteiger partial charge in [-0.2, -0.15) is 0 Å². The van der Waals surface area contributed by atoms with E-state index in [2.05, 4.69) is 15.0 Å². The Bertz CT molecular complexity index is 650. The number of nitrogens with zero attached hydrogens (tertiary/aromatic N) is 4. The fourth-order valence-corrected chi connectivity index (χ4v) is 2.96. The van der Waals surface area contributed by atoms with E-state index in [0.29, 0.717) is 15.0 Å². The number of nitrogen functional groups attached to an aromatic ring is 1. The third kappa shape index (κ3) is 1.95. The van der Waals surface area contributed by atoms with Crippen molar-refractivity contribution in [3.05, 3.63) is 10.2 Å². The number of hydrogen-bond acceptors (Lipinski definition) is 8. The Kier molecular flexibility index (Phi) is 3.50. The van der Waals surface area contributed by atoms with E-state index in [9.17, 15) is 10.2 Å². The number of anilines is 1. The van der Waals surface area contributed by atoms with Crippen molar-refractivity contribution in [1.29, 1.82) is 0 Å². The molecule has 0 aliphatic carbocycles. The lowest BCUT2D eigenvalue weighted by molar-refractivity contribution is -0.0522. The molecular weight excluding hydrogens is 381 g/mol. The zero-order valence-corrected chi connectivity index (χ0v) is 12.2. The topological polar surface area (TPSA) is 140 Å². The molecule has 2 aromatic rings. The minimum absolute atomic E-state index is 0.221. The number of nitrogens with two attached hydrogens (primary N) is 1. The average molecular weight is 393 g/mol. The summed E-state index contributed by atoms with van der Waals surface area (Å²) in [6, 6.07) is 0. The zero-order valence-electron chi connectivity index (χ0n) is 10.1. The van der Waals surface area contributed by atoms with Crippen molar-refractivity contribution < 1.29 is 20.1 Å². The number of aliphatic hydroxyl groups is 3. The first-order chi connectivity index (χ1) is 9.54. The first-order valence-electron chi connectivity index (χ1n) is 5.81. The molecule has 3 rings (SSSR count). The lowest BCUT2D eigenvalue weighted by atomic mass is 10.1. The maximum Gasteiger partial charge on any atom is 0.175 e. The molecule has 0 radical (unpaired) electrons. The number of imidazole rings is 1. The van der Waals surface area contributed by atoms with Gasteiger partial charge in [-0.15, -0.1) is 0 Å². The summed E-state index contributed by atoms with van der Waals surface area (Å²) in [6.45, 7) is -0.394. The lowest BCUT2D eigenvalue weighted by Gasteiger charge is -2.17. The van der Waals surface area contributed by atoms with E-state index in [1.165, 1.54) is 10.9 Å². The summed E-state index contributed by atoms with van der Waals surface area (Å²) in [6.07, 6.45) is -2.85.